The second kappa shape index (κ2) is 7.27. The summed E-state index contributed by atoms with van der Waals surface area (Å²) in [5.74, 6) is 0.645. The van der Waals surface area contributed by atoms with Crippen molar-refractivity contribution in [2.75, 3.05) is 6.61 Å². The van der Waals surface area contributed by atoms with Crippen molar-refractivity contribution in [2.45, 2.75) is 19.5 Å². The Bertz CT molecular complexity index is 966. The Morgan fingerprint density at radius 2 is 1.85 bits per heavy atom. The lowest BCUT2D eigenvalue weighted by molar-refractivity contribution is 0.260. The van der Waals surface area contributed by atoms with Crippen LogP contribution in [0.4, 0.5) is 0 Å². The fraction of sp³-hybridized carbons (Fsp3) is 0.211. The first-order valence-electron chi connectivity index (χ1n) is 8.45. The number of fused-ring (bicyclic) bond motifs is 1. The summed E-state index contributed by atoms with van der Waals surface area (Å²) in [6.07, 6.45) is 0.495. The summed E-state index contributed by atoms with van der Waals surface area (Å²) in [5, 5.41) is 0.920. The van der Waals surface area contributed by atoms with Crippen molar-refractivity contribution >= 4 is 11.0 Å². The topological polar surface area (TPSA) is 87.6 Å². The van der Waals surface area contributed by atoms with Crippen molar-refractivity contribution in [1.82, 2.24) is 21.9 Å². The SMILES string of the molecule is Cc1c(Cc2ccccc2)c(=O)oc2cc(OCC3NNNN3)ccc12. The van der Waals surface area contributed by atoms with E-state index in [0.29, 0.717) is 29.9 Å². The zero-order chi connectivity index (χ0) is 17.9. The van der Waals surface area contributed by atoms with E-state index in [1.54, 1.807) is 6.07 Å². The zero-order valence-corrected chi connectivity index (χ0v) is 14.3. The fourth-order valence-electron chi connectivity index (χ4n) is 3.01. The second-order valence-electron chi connectivity index (χ2n) is 6.22. The van der Waals surface area contributed by atoms with Crippen LogP contribution >= 0.6 is 0 Å². The molecule has 0 saturated carbocycles. The van der Waals surface area contributed by atoms with Crippen LogP contribution in [0.5, 0.6) is 5.75 Å². The van der Waals surface area contributed by atoms with E-state index in [0.717, 1.165) is 16.5 Å². The normalized spacial score (nSPS) is 14.8. The Kier molecular flexibility index (Phi) is 4.68. The Morgan fingerprint density at radius 3 is 2.62 bits per heavy atom. The van der Waals surface area contributed by atoms with Gasteiger partial charge in [-0.1, -0.05) is 30.3 Å². The number of nitrogens with one attached hydrogen (secondary N) is 4. The summed E-state index contributed by atoms with van der Waals surface area (Å²) < 4.78 is 11.3. The molecule has 0 amide bonds. The lowest BCUT2D eigenvalue weighted by Gasteiger charge is -2.12. The molecule has 1 aromatic heterocycles. The van der Waals surface area contributed by atoms with E-state index in [1.807, 2.05) is 49.4 Å². The summed E-state index contributed by atoms with van der Waals surface area (Å²) in [5.41, 5.74) is 14.3. The Morgan fingerprint density at radius 1 is 1.08 bits per heavy atom. The number of hydrogen-bond donors (Lipinski definition) is 4. The molecule has 7 nitrogen and oxygen atoms in total. The molecular weight excluding hydrogens is 332 g/mol. The highest BCUT2D eigenvalue weighted by Gasteiger charge is 2.15. The molecule has 0 bridgehead atoms. The molecule has 1 aliphatic rings. The zero-order valence-electron chi connectivity index (χ0n) is 14.3. The molecule has 0 unspecified atom stereocenters. The van der Waals surface area contributed by atoms with Crippen LogP contribution in [0.3, 0.4) is 0 Å². The van der Waals surface area contributed by atoms with Gasteiger partial charge < -0.3 is 9.15 Å². The minimum absolute atomic E-state index is 0.0623. The van der Waals surface area contributed by atoms with E-state index >= 15 is 0 Å². The number of benzene rings is 2. The third-order valence-electron chi connectivity index (χ3n) is 4.45. The Hall–Kier alpha value is -2.71. The summed E-state index contributed by atoms with van der Waals surface area (Å²) in [6.45, 7) is 2.36. The first-order chi connectivity index (χ1) is 12.7. The van der Waals surface area contributed by atoms with Gasteiger partial charge in [-0.25, -0.2) is 15.6 Å². The van der Waals surface area contributed by atoms with Crippen LogP contribution in [-0.4, -0.2) is 12.8 Å². The summed E-state index contributed by atoms with van der Waals surface area (Å²) in [7, 11) is 0. The molecular formula is C19H20N4O3. The van der Waals surface area contributed by atoms with Gasteiger partial charge >= 0.3 is 5.63 Å². The highest BCUT2D eigenvalue weighted by Crippen LogP contribution is 2.25. The van der Waals surface area contributed by atoms with Gasteiger partial charge in [0.1, 0.15) is 24.1 Å². The lowest BCUT2D eigenvalue weighted by atomic mass is 10.00. The van der Waals surface area contributed by atoms with Gasteiger partial charge in [-0.05, 0) is 30.2 Å². The quantitative estimate of drug-likeness (QED) is 0.518. The summed E-state index contributed by atoms with van der Waals surface area (Å²) in [6, 6.07) is 15.5. The number of ether oxygens (including phenoxy) is 1. The Balaban J connectivity index is 1.61. The number of hydrogen-bond acceptors (Lipinski definition) is 7. The van der Waals surface area contributed by atoms with E-state index in [-0.39, 0.29) is 11.8 Å². The fourth-order valence-corrected chi connectivity index (χ4v) is 3.01. The van der Waals surface area contributed by atoms with Crippen LogP contribution in [0.15, 0.2) is 57.7 Å². The maximum absolute atomic E-state index is 12.5. The molecule has 0 radical (unpaired) electrons. The third-order valence-corrected chi connectivity index (χ3v) is 4.45. The average Bonchev–Trinajstić information content (AvgIpc) is 3.18. The van der Waals surface area contributed by atoms with Crippen molar-refractivity contribution in [3.8, 4) is 5.75 Å². The Labute approximate surface area is 150 Å². The van der Waals surface area contributed by atoms with Crippen molar-refractivity contribution in [3.05, 3.63) is 75.6 Å². The molecule has 0 aliphatic carbocycles. The average molecular weight is 352 g/mol. The van der Waals surface area contributed by atoms with Crippen LogP contribution in [0.25, 0.3) is 11.0 Å². The molecule has 4 N–H and O–H groups in total. The van der Waals surface area contributed by atoms with E-state index < -0.39 is 0 Å². The van der Waals surface area contributed by atoms with Crippen molar-refractivity contribution in [1.29, 1.82) is 0 Å². The van der Waals surface area contributed by atoms with Gasteiger partial charge in [0.25, 0.3) is 0 Å². The van der Waals surface area contributed by atoms with Crippen molar-refractivity contribution < 1.29 is 9.15 Å². The van der Waals surface area contributed by atoms with Crippen LogP contribution in [0, 0.1) is 6.92 Å². The molecule has 2 aromatic carbocycles. The van der Waals surface area contributed by atoms with E-state index in [9.17, 15) is 4.79 Å². The molecule has 1 fully saturated rings. The molecule has 7 heteroatoms. The van der Waals surface area contributed by atoms with Crippen LogP contribution in [0.2, 0.25) is 0 Å². The summed E-state index contributed by atoms with van der Waals surface area (Å²) in [4.78, 5) is 12.5. The predicted octanol–water partition coefficient (Wildman–Crippen LogP) is 1.51. The molecule has 134 valence electrons. The van der Waals surface area contributed by atoms with Crippen molar-refractivity contribution in [3.63, 3.8) is 0 Å². The standard InChI is InChI=1S/C19H20N4O3/c1-12-15-8-7-14(25-11-18-20-22-23-21-18)10-17(15)26-19(24)16(12)9-13-5-3-2-4-6-13/h2-8,10,18,20-23H,9,11H2,1H3. The molecule has 0 atom stereocenters. The molecule has 3 aromatic rings. The smallest absolute Gasteiger partial charge is 0.340 e. The van der Waals surface area contributed by atoms with E-state index in [2.05, 4.69) is 21.9 Å². The van der Waals surface area contributed by atoms with Gasteiger partial charge in [0.15, 0.2) is 0 Å². The van der Waals surface area contributed by atoms with Gasteiger partial charge in [0.2, 0.25) is 0 Å². The highest BCUT2D eigenvalue weighted by atomic mass is 16.5. The monoisotopic (exact) mass is 352 g/mol. The van der Waals surface area contributed by atoms with Crippen molar-refractivity contribution in [2.24, 2.45) is 0 Å². The van der Waals surface area contributed by atoms with Gasteiger partial charge in [-0.2, -0.15) is 11.1 Å². The maximum Gasteiger partial charge on any atom is 0.340 e. The first kappa shape index (κ1) is 16.7. The largest absolute Gasteiger partial charge is 0.490 e. The van der Waals surface area contributed by atoms with Crippen LogP contribution in [0.1, 0.15) is 16.7 Å². The van der Waals surface area contributed by atoms with E-state index in [4.69, 9.17) is 9.15 Å². The third kappa shape index (κ3) is 3.47. The van der Waals surface area contributed by atoms with Gasteiger partial charge in [-0.3, -0.25) is 0 Å². The van der Waals surface area contributed by atoms with Gasteiger partial charge in [0, 0.05) is 23.4 Å². The molecule has 1 saturated heterocycles. The maximum atomic E-state index is 12.5. The molecule has 0 spiro atoms. The molecule has 1 aliphatic heterocycles. The molecule has 4 rings (SSSR count). The van der Waals surface area contributed by atoms with Crippen LogP contribution < -0.4 is 32.3 Å². The van der Waals surface area contributed by atoms with E-state index in [1.165, 1.54) is 0 Å². The number of rotatable bonds is 5. The van der Waals surface area contributed by atoms with Gasteiger partial charge in [0.05, 0.1) is 0 Å². The minimum Gasteiger partial charge on any atom is -0.490 e. The predicted molar refractivity (Wildman–Crippen MR) is 98.3 cm³/mol. The van der Waals surface area contributed by atoms with Gasteiger partial charge in [-0.15, -0.1) is 0 Å². The minimum atomic E-state index is -0.302. The first-order valence-corrected chi connectivity index (χ1v) is 8.45. The lowest BCUT2D eigenvalue weighted by Crippen LogP contribution is -2.39. The second-order valence-corrected chi connectivity index (χ2v) is 6.22. The van der Waals surface area contributed by atoms with Crippen LogP contribution in [-0.2, 0) is 6.42 Å². The summed E-state index contributed by atoms with van der Waals surface area (Å²) >= 11 is 0. The molecule has 26 heavy (non-hydrogen) atoms. The number of hydrazine groups is 3. The molecule has 2 heterocycles. The highest BCUT2D eigenvalue weighted by molar-refractivity contribution is 5.82. The number of aryl methyl sites for hydroxylation is 1.